The Kier molecular flexibility index (Phi) is 4.38. The Hall–Kier alpha value is -1.00. The molecule has 0 fully saturated rings. The average Bonchev–Trinajstić information content (AvgIpc) is 2.20. The molecule has 0 aromatic heterocycles. The van der Waals surface area contributed by atoms with Crippen molar-refractivity contribution < 1.29 is 9.84 Å². The third-order valence-corrected chi connectivity index (χ3v) is 2.87. The van der Waals surface area contributed by atoms with Gasteiger partial charge in [0.05, 0.1) is 11.6 Å². The standard InChI is InChI=1S/C12H16BrNO2/c1-7(2)4-11(14)9-5-8(16-3)6-10(13)12(9)15/h5-6,11,15H,1,4,14H2,2-3H3/t11-/m1/s1. The highest BCUT2D eigenvalue weighted by atomic mass is 79.9. The summed E-state index contributed by atoms with van der Waals surface area (Å²) in [4.78, 5) is 0. The fraction of sp³-hybridized carbons (Fsp3) is 0.333. The first-order chi connectivity index (χ1) is 7.45. The van der Waals surface area contributed by atoms with E-state index in [1.165, 1.54) is 0 Å². The summed E-state index contributed by atoms with van der Waals surface area (Å²) in [5.74, 6) is 0.825. The summed E-state index contributed by atoms with van der Waals surface area (Å²) in [6.07, 6.45) is 0.632. The van der Waals surface area contributed by atoms with Crippen molar-refractivity contribution in [3.05, 3.63) is 34.3 Å². The Balaban J connectivity index is 3.10. The van der Waals surface area contributed by atoms with E-state index in [1.54, 1.807) is 19.2 Å². The Morgan fingerprint density at radius 3 is 2.75 bits per heavy atom. The van der Waals surface area contributed by atoms with Crippen LogP contribution in [0.15, 0.2) is 28.8 Å². The van der Waals surface area contributed by atoms with Crippen LogP contribution in [0, 0.1) is 0 Å². The van der Waals surface area contributed by atoms with Gasteiger partial charge in [0.25, 0.3) is 0 Å². The molecule has 88 valence electrons. The third kappa shape index (κ3) is 3.00. The molecule has 0 bridgehead atoms. The summed E-state index contributed by atoms with van der Waals surface area (Å²) >= 11 is 3.26. The van der Waals surface area contributed by atoms with Gasteiger partial charge in [0.2, 0.25) is 0 Å². The molecule has 1 rings (SSSR count). The topological polar surface area (TPSA) is 55.5 Å². The Labute approximate surface area is 104 Å². The van der Waals surface area contributed by atoms with Gasteiger partial charge >= 0.3 is 0 Å². The average molecular weight is 286 g/mol. The quantitative estimate of drug-likeness (QED) is 0.836. The van der Waals surface area contributed by atoms with Crippen LogP contribution >= 0.6 is 15.9 Å². The van der Waals surface area contributed by atoms with Crippen LogP contribution in [0.5, 0.6) is 11.5 Å². The lowest BCUT2D eigenvalue weighted by molar-refractivity contribution is 0.408. The second kappa shape index (κ2) is 5.37. The molecule has 0 aliphatic rings. The zero-order valence-corrected chi connectivity index (χ0v) is 11.0. The summed E-state index contributed by atoms with van der Waals surface area (Å²) in [5, 5.41) is 9.89. The first kappa shape index (κ1) is 13.1. The Bertz CT molecular complexity index is 404. The van der Waals surface area contributed by atoms with Crippen molar-refractivity contribution in [2.75, 3.05) is 7.11 Å². The molecule has 0 aliphatic carbocycles. The van der Waals surface area contributed by atoms with Crippen LogP contribution in [-0.2, 0) is 0 Å². The van der Waals surface area contributed by atoms with Crippen LogP contribution < -0.4 is 10.5 Å². The molecule has 0 saturated heterocycles. The number of ether oxygens (including phenoxy) is 1. The van der Waals surface area contributed by atoms with Gasteiger partial charge < -0.3 is 15.6 Å². The number of halogens is 1. The van der Waals surface area contributed by atoms with Crippen LogP contribution in [0.3, 0.4) is 0 Å². The van der Waals surface area contributed by atoms with Gasteiger partial charge in [0.1, 0.15) is 11.5 Å². The normalized spacial score (nSPS) is 12.2. The molecular formula is C12H16BrNO2. The van der Waals surface area contributed by atoms with E-state index in [0.717, 1.165) is 5.57 Å². The molecule has 16 heavy (non-hydrogen) atoms. The largest absolute Gasteiger partial charge is 0.506 e. The van der Waals surface area contributed by atoms with Gasteiger partial charge in [-0.3, -0.25) is 0 Å². The zero-order valence-electron chi connectivity index (χ0n) is 9.46. The second-order valence-corrected chi connectivity index (χ2v) is 4.67. The smallest absolute Gasteiger partial charge is 0.134 e. The van der Waals surface area contributed by atoms with Crippen molar-refractivity contribution in [1.29, 1.82) is 0 Å². The molecular weight excluding hydrogens is 270 g/mol. The lowest BCUT2D eigenvalue weighted by Crippen LogP contribution is -2.11. The van der Waals surface area contributed by atoms with Crippen molar-refractivity contribution in [1.82, 2.24) is 0 Å². The maximum Gasteiger partial charge on any atom is 0.134 e. The number of aromatic hydroxyl groups is 1. The monoisotopic (exact) mass is 285 g/mol. The summed E-state index contributed by atoms with van der Waals surface area (Å²) in [6, 6.07) is 3.17. The van der Waals surface area contributed by atoms with E-state index < -0.39 is 0 Å². The summed E-state index contributed by atoms with van der Waals surface area (Å²) in [6.45, 7) is 5.72. The van der Waals surface area contributed by atoms with Crippen molar-refractivity contribution in [3.8, 4) is 11.5 Å². The fourth-order valence-electron chi connectivity index (χ4n) is 1.48. The zero-order chi connectivity index (χ0) is 12.3. The van der Waals surface area contributed by atoms with Crippen LogP contribution in [0.1, 0.15) is 24.9 Å². The predicted molar refractivity (Wildman–Crippen MR) is 68.7 cm³/mol. The lowest BCUT2D eigenvalue weighted by Gasteiger charge is -2.15. The predicted octanol–water partition coefficient (Wildman–Crippen LogP) is 3.13. The second-order valence-electron chi connectivity index (χ2n) is 3.81. The van der Waals surface area contributed by atoms with E-state index in [4.69, 9.17) is 10.5 Å². The molecule has 0 aliphatic heterocycles. The number of phenolic OH excluding ortho intramolecular Hbond substituents is 1. The highest BCUT2D eigenvalue weighted by molar-refractivity contribution is 9.10. The van der Waals surface area contributed by atoms with E-state index in [2.05, 4.69) is 22.5 Å². The molecule has 0 unspecified atom stereocenters. The highest BCUT2D eigenvalue weighted by Gasteiger charge is 2.15. The van der Waals surface area contributed by atoms with Crippen LogP contribution in [-0.4, -0.2) is 12.2 Å². The van der Waals surface area contributed by atoms with E-state index in [9.17, 15) is 5.11 Å². The van der Waals surface area contributed by atoms with E-state index in [0.29, 0.717) is 22.2 Å². The molecule has 1 aromatic rings. The van der Waals surface area contributed by atoms with Gasteiger partial charge in [-0.2, -0.15) is 0 Å². The molecule has 0 saturated carbocycles. The third-order valence-electron chi connectivity index (χ3n) is 2.27. The van der Waals surface area contributed by atoms with Crippen molar-refractivity contribution in [2.24, 2.45) is 5.73 Å². The van der Waals surface area contributed by atoms with Gasteiger partial charge in [-0.1, -0.05) is 5.57 Å². The minimum Gasteiger partial charge on any atom is -0.506 e. The number of benzene rings is 1. The van der Waals surface area contributed by atoms with Crippen molar-refractivity contribution in [3.63, 3.8) is 0 Å². The van der Waals surface area contributed by atoms with E-state index >= 15 is 0 Å². The molecule has 0 amide bonds. The first-order valence-corrected chi connectivity index (χ1v) is 5.71. The number of hydrogen-bond donors (Lipinski definition) is 2. The summed E-state index contributed by atoms with van der Waals surface area (Å²) in [5.41, 5.74) is 7.63. The van der Waals surface area contributed by atoms with Crippen LogP contribution in [0.2, 0.25) is 0 Å². The van der Waals surface area contributed by atoms with Gasteiger partial charge in [-0.25, -0.2) is 0 Å². The fourth-order valence-corrected chi connectivity index (χ4v) is 1.93. The van der Waals surface area contributed by atoms with Gasteiger partial charge in [-0.05, 0) is 41.4 Å². The van der Waals surface area contributed by atoms with Gasteiger partial charge in [-0.15, -0.1) is 6.58 Å². The van der Waals surface area contributed by atoms with Crippen molar-refractivity contribution >= 4 is 15.9 Å². The molecule has 0 spiro atoms. The lowest BCUT2D eigenvalue weighted by atomic mass is 10.00. The van der Waals surface area contributed by atoms with Crippen LogP contribution in [0.4, 0.5) is 0 Å². The SMILES string of the molecule is C=C(C)C[C@@H](N)c1cc(OC)cc(Br)c1O. The van der Waals surface area contributed by atoms with Crippen LogP contribution in [0.25, 0.3) is 0 Å². The van der Waals surface area contributed by atoms with Gasteiger partial charge in [0.15, 0.2) is 0 Å². The number of phenols is 1. The number of methoxy groups -OCH3 is 1. The summed E-state index contributed by atoms with van der Waals surface area (Å²) in [7, 11) is 1.58. The van der Waals surface area contributed by atoms with Gasteiger partial charge in [0, 0.05) is 11.6 Å². The maximum atomic E-state index is 9.89. The highest BCUT2D eigenvalue weighted by Crippen LogP contribution is 2.36. The van der Waals surface area contributed by atoms with Crippen molar-refractivity contribution in [2.45, 2.75) is 19.4 Å². The molecule has 0 radical (unpaired) electrons. The molecule has 4 heteroatoms. The molecule has 3 N–H and O–H groups in total. The van der Waals surface area contributed by atoms with E-state index in [-0.39, 0.29) is 11.8 Å². The molecule has 1 atom stereocenters. The Morgan fingerprint density at radius 2 is 2.25 bits per heavy atom. The molecule has 3 nitrogen and oxygen atoms in total. The molecule has 1 aromatic carbocycles. The summed E-state index contributed by atoms with van der Waals surface area (Å²) < 4.78 is 5.71. The first-order valence-electron chi connectivity index (χ1n) is 4.92. The van der Waals surface area contributed by atoms with E-state index in [1.807, 2.05) is 6.92 Å². The molecule has 0 heterocycles. The number of nitrogens with two attached hydrogens (primary N) is 1. The Morgan fingerprint density at radius 1 is 1.62 bits per heavy atom. The minimum atomic E-state index is -0.274. The number of rotatable bonds is 4. The number of hydrogen-bond acceptors (Lipinski definition) is 3. The minimum absolute atomic E-state index is 0.162. The maximum absolute atomic E-state index is 9.89.